The van der Waals surface area contributed by atoms with Crippen molar-refractivity contribution >= 4 is 39.5 Å². The van der Waals surface area contributed by atoms with E-state index in [-0.39, 0.29) is 18.3 Å². The number of aliphatic hydroxyl groups excluding tert-OH is 1. The first-order valence-corrected chi connectivity index (χ1v) is 13.2. The molecule has 32 heavy (non-hydrogen) atoms. The van der Waals surface area contributed by atoms with Crippen LogP contribution in [0.5, 0.6) is 0 Å². The van der Waals surface area contributed by atoms with Crippen LogP contribution in [0, 0.1) is 0 Å². The molecule has 4 rings (SSSR count). The minimum absolute atomic E-state index is 0.0472. The average Bonchev–Trinajstić information content (AvgIpc) is 3.56. The third-order valence-electron chi connectivity index (χ3n) is 6.23. The molecule has 0 spiro atoms. The van der Waals surface area contributed by atoms with E-state index in [1.54, 1.807) is 22.7 Å². The van der Waals surface area contributed by atoms with Gasteiger partial charge in [-0.3, -0.25) is 4.79 Å². The molecule has 3 heterocycles. The second kappa shape index (κ2) is 10.6. The van der Waals surface area contributed by atoms with Crippen molar-refractivity contribution < 1.29 is 9.90 Å². The molecule has 0 bridgehead atoms. The van der Waals surface area contributed by atoms with E-state index in [0.29, 0.717) is 24.4 Å². The van der Waals surface area contributed by atoms with Gasteiger partial charge >= 0.3 is 0 Å². The van der Waals surface area contributed by atoms with E-state index in [0.717, 1.165) is 41.7 Å². The van der Waals surface area contributed by atoms with Crippen LogP contribution in [0.3, 0.4) is 0 Å². The van der Waals surface area contributed by atoms with Gasteiger partial charge in [-0.25, -0.2) is 4.98 Å². The molecule has 0 fully saturated rings. The number of aliphatic hydroxyl groups is 1. The summed E-state index contributed by atoms with van der Waals surface area (Å²) in [6.07, 6.45) is 3.90. The van der Waals surface area contributed by atoms with Crippen LogP contribution in [-0.4, -0.2) is 27.0 Å². The van der Waals surface area contributed by atoms with Crippen molar-refractivity contribution in [2.45, 2.75) is 57.9 Å². The average molecular weight is 467 g/mol. The highest BCUT2D eigenvalue weighted by Crippen LogP contribution is 2.30. The lowest BCUT2D eigenvalue weighted by atomic mass is 9.91. The van der Waals surface area contributed by atoms with E-state index in [2.05, 4.69) is 53.4 Å². The minimum atomic E-state index is 0.0472. The van der Waals surface area contributed by atoms with Crippen molar-refractivity contribution in [2.24, 2.45) is 0 Å². The number of hydrogen-bond donors (Lipinski definition) is 1. The number of ketones is 1. The number of carbonyl (C=O) groups excluding carboxylic acids is 1. The van der Waals surface area contributed by atoms with Crippen LogP contribution in [0.25, 0.3) is 11.0 Å². The maximum atomic E-state index is 13.2. The zero-order chi connectivity index (χ0) is 22.5. The maximum Gasteiger partial charge on any atom is 0.163 e. The zero-order valence-corrected chi connectivity index (χ0v) is 20.3. The Morgan fingerprint density at radius 3 is 2.66 bits per heavy atom. The SMILES string of the molecule is CCC(CC)n1c(Cc2cccs2)nc2cc(C(=O)CC(CCO)c3ccsc3)ccc21. The van der Waals surface area contributed by atoms with Crippen LogP contribution in [-0.2, 0) is 6.42 Å². The van der Waals surface area contributed by atoms with Gasteiger partial charge in [0.1, 0.15) is 5.82 Å². The van der Waals surface area contributed by atoms with Crippen LogP contribution >= 0.6 is 22.7 Å². The van der Waals surface area contributed by atoms with Gasteiger partial charge < -0.3 is 9.67 Å². The number of Topliss-reactive ketones (excluding diaryl/α,β-unsaturated/α-hetero) is 1. The Morgan fingerprint density at radius 2 is 2.00 bits per heavy atom. The number of fused-ring (bicyclic) bond motifs is 1. The predicted octanol–water partition coefficient (Wildman–Crippen LogP) is 6.85. The molecule has 0 aliphatic carbocycles. The third-order valence-corrected chi connectivity index (χ3v) is 7.81. The molecule has 0 saturated carbocycles. The Labute approximate surface area is 197 Å². The first-order valence-electron chi connectivity index (χ1n) is 11.3. The van der Waals surface area contributed by atoms with E-state index in [9.17, 15) is 9.90 Å². The molecule has 6 heteroatoms. The lowest BCUT2D eigenvalue weighted by Crippen LogP contribution is -2.11. The number of thiophene rings is 2. The monoisotopic (exact) mass is 466 g/mol. The molecule has 1 atom stereocenters. The molecule has 168 valence electrons. The van der Waals surface area contributed by atoms with Crippen LogP contribution in [0.15, 0.2) is 52.5 Å². The molecule has 0 saturated heterocycles. The van der Waals surface area contributed by atoms with E-state index < -0.39 is 0 Å². The summed E-state index contributed by atoms with van der Waals surface area (Å²) >= 11 is 3.38. The number of hydrogen-bond acceptors (Lipinski definition) is 5. The second-order valence-electron chi connectivity index (χ2n) is 8.22. The van der Waals surface area contributed by atoms with Crippen LogP contribution < -0.4 is 0 Å². The summed E-state index contributed by atoms with van der Waals surface area (Å²) in [7, 11) is 0. The fourth-order valence-corrected chi connectivity index (χ4v) is 5.91. The molecule has 0 aliphatic heterocycles. The van der Waals surface area contributed by atoms with Crippen LogP contribution in [0.2, 0.25) is 0 Å². The zero-order valence-electron chi connectivity index (χ0n) is 18.7. The highest BCUT2D eigenvalue weighted by molar-refractivity contribution is 7.09. The summed E-state index contributed by atoms with van der Waals surface area (Å²) in [5.41, 5.74) is 3.83. The largest absolute Gasteiger partial charge is 0.396 e. The quantitative estimate of drug-likeness (QED) is 0.246. The topological polar surface area (TPSA) is 55.1 Å². The highest BCUT2D eigenvalue weighted by Gasteiger charge is 2.21. The van der Waals surface area contributed by atoms with E-state index in [1.807, 2.05) is 17.5 Å². The van der Waals surface area contributed by atoms with Gasteiger partial charge in [0.2, 0.25) is 0 Å². The summed E-state index contributed by atoms with van der Waals surface area (Å²) < 4.78 is 2.38. The molecule has 0 aliphatic rings. The van der Waals surface area contributed by atoms with Crippen molar-refractivity contribution in [1.29, 1.82) is 0 Å². The van der Waals surface area contributed by atoms with Crippen molar-refractivity contribution in [3.63, 3.8) is 0 Å². The molecule has 1 aromatic carbocycles. The van der Waals surface area contributed by atoms with E-state index >= 15 is 0 Å². The standard InChI is InChI=1S/C26H30N2O2S2/c1-3-21(4-2)28-24-8-7-19(14-23(24)27-26(28)16-22-6-5-12-32-22)25(30)15-18(9-11-29)20-10-13-31-17-20/h5-8,10,12-14,17-18,21,29H,3-4,9,11,15-16H2,1-2H3. The van der Waals surface area contributed by atoms with Gasteiger partial charge in [-0.2, -0.15) is 11.3 Å². The summed E-state index contributed by atoms with van der Waals surface area (Å²) in [5, 5.41) is 15.7. The molecule has 3 aromatic heterocycles. The Kier molecular flexibility index (Phi) is 7.55. The van der Waals surface area contributed by atoms with Crippen LogP contribution in [0.1, 0.15) is 78.1 Å². The van der Waals surface area contributed by atoms with E-state index in [4.69, 9.17) is 4.98 Å². The fraction of sp³-hybridized carbons (Fsp3) is 0.385. The lowest BCUT2D eigenvalue weighted by Gasteiger charge is -2.19. The lowest BCUT2D eigenvalue weighted by molar-refractivity contribution is 0.0969. The van der Waals surface area contributed by atoms with Crippen molar-refractivity contribution in [3.05, 3.63) is 74.4 Å². The number of benzene rings is 1. The Balaban J connectivity index is 1.66. The summed E-state index contributed by atoms with van der Waals surface area (Å²) in [5.74, 6) is 1.22. The van der Waals surface area contributed by atoms with Crippen molar-refractivity contribution in [1.82, 2.24) is 9.55 Å². The molecule has 0 radical (unpaired) electrons. The highest BCUT2D eigenvalue weighted by atomic mass is 32.1. The number of aromatic nitrogens is 2. The maximum absolute atomic E-state index is 13.2. The molecule has 0 amide bonds. The molecule has 1 N–H and O–H groups in total. The molecular weight excluding hydrogens is 436 g/mol. The summed E-state index contributed by atoms with van der Waals surface area (Å²) in [4.78, 5) is 19.4. The number of carbonyl (C=O) groups is 1. The molecule has 1 unspecified atom stereocenters. The third kappa shape index (κ3) is 4.87. The first-order chi connectivity index (χ1) is 15.6. The Morgan fingerprint density at radius 1 is 1.16 bits per heavy atom. The number of rotatable bonds is 11. The summed E-state index contributed by atoms with van der Waals surface area (Å²) in [6, 6.07) is 12.7. The van der Waals surface area contributed by atoms with Gasteiger partial charge in [-0.15, -0.1) is 11.3 Å². The van der Waals surface area contributed by atoms with Crippen LogP contribution in [0.4, 0.5) is 0 Å². The van der Waals surface area contributed by atoms with Gasteiger partial charge in [-0.1, -0.05) is 19.9 Å². The van der Waals surface area contributed by atoms with Gasteiger partial charge in [0.05, 0.1) is 11.0 Å². The Bertz CT molecular complexity index is 1140. The van der Waals surface area contributed by atoms with Crippen molar-refractivity contribution in [2.75, 3.05) is 6.61 Å². The smallest absolute Gasteiger partial charge is 0.163 e. The number of nitrogens with zero attached hydrogens (tertiary/aromatic N) is 2. The number of imidazole rings is 1. The normalized spacial score (nSPS) is 12.6. The van der Waals surface area contributed by atoms with Crippen molar-refractivity contribution in [3.8, 4) is 0 Å². The second-order valence-corrected chi connectivity index (χ2v) is 10.0. The first kappa shape index (κ1) is 22.9. The van der Waals surface area contributed by atoms with Gasteiger partial charge in [0, 0.05) is 35.9 Å². The Hall–Kier alpha value is -2.28. The molecule has 4 nitrogen and oxygen atoms in total. The van der Waals surface area contributed by atoms with Gasteiger partial charge in [0.25, 0.3) is 0 Å². The molecular formula is C26H30N2O2S2. The minimum Gasteiger partial charge on any atom is -0.396 e. The fourth-order valence-electron chi connectivity index (χ4n) is 4.47. The summed E-state index contributed by atoms with van der Waals surface area (Å²) in [6.45, 7) is 4.52. The predicted molar refractivity (Wildman–Crippen MR) is 134 cm³/mol. The van der Waals surface area contributed by atoms with E-state index in [1.165, 1.54) is 4.88 Å². The van der Waals surface area contributed by atoms with Gasteiger partial charge in [-0.05, 0) is 77.2 Å². The molecule has 4 aromatic rings. The van der Waals surface area contributed by atoms with Gasteiger partial charge in [0.15, 0.2) is 5.78 Å².